The first-order valence-electron chi connectivity index (χ1n) is 8.67. The zero-order chi connectivity index (χ0) is 20.8. The van der Waals surface area contributed by atoms with E-state index in [1.54, 1.807) is 24.3 Å². The molecular weight excluding hydrogens is 373 g/mol. The zero-order valence-electron chi connectivity index (χ0n) is 15.8. The van der Waals surface area contributed by atoms with Gasteiger partial charge in [-0.15, -0.1) is 0 Å². The minimum Gasteiger partial charge on any atom is -0.491 e. The van der Waals surface area contributed by atoms with Gasteiger partial charge in [-0.3, -0.25) is 9.59 Å². The van der Waals surface area contributed by atoms with Gasteiger partial charge in [-0.2, -0.15) is 0 Å². The van der Waals surface area contributed by atoms with Crippen LogP contribution in [0.5, 0.6) is 5.75 Å². The Hall–Kier alpha value is -3.03. The monoisotopic (exact) mass is 394 g/mol. The molecule has 0 atom stereocenters. The number of anilines is 1. The van der Waals surface area contributed by atoms with E-state index in [0.717, 1.165) is 6.07 Å². The topological polar surface area (TPSA) is 58.6 Å². The second-order valence-electron chi connectivity index (χ2n) is 6.31. The number of ether oxygens (including phenoxy) is 1. The van der Waals surface area contributed by atoms with Gasteiger partial charge in [0.05, 0.1) is 11.7 Å². The van der Waals surface area contributed by atoms with Crippen molar-refractivity contribution in [1.82, 2.24) is 5.32 Å². The van der Waals surface area contributed by atoms with E-state index in [-0.39, 0.29) is 25.1 Å². The van der Waals surface area contributed by atoms with Crippen LogP contribution in [-0.4, -0.2) is 31.0 Å². The molecule has 0 saturated heterocycles. The molecule has 0 aromatic heterocycles. The van der Waals surface area contributed by atoms with E-state index in [2.05, 4.69) is 5.32 Å². The molecule has 150 valence electrons. The highest BCUT2D eigenvalue weighted by molar-refractivity contribution is 5.95. The number of hydrogen-bond donors (Lipinski definition) is 1. The minimum atomic E-state index is -1.71. The maximum atomic E-state index is 13.7. The molecule has 2 aromatic carbocycles. The Morgan fingerprint density at radius 2 is 1.68 bits per heavy atom. The van der Waals surface area contributed by atoms with Gasteiger partial charge in [-0.25, -0.2) is 13.2 Å². The summed E-state index contributed by atoms with van der Waals surface area (Å²) in [5, 5.41) is 2.39. The number of nitrogens with one attached hydrogen (secondary N) is 1. The second-order valence-corrected chi connectivity index (χ2v) is 6.31. The molecule has 0 radical (unpaired) electrons. The van der Waals surface area contributed by atoms with Crippen molar-refractivity contribution in [2.75, 3.05) is 18.0 Å². The summed E-state index contributed by atoms with van der Waals surface area (Å²) in [6, 6.07) is 8.39. The molecular formula is C20H21F3N2O3. The number of carbonyl (C=O) groups is 2. The van der Waals surface area contributed by atoms with Crippen LogP contribution in [0.1, 0.15) is 31.1 Å². The van der Waals surface area contributed by atoms with Crippen LogP contribution in [0.2, 0.25) is 0 Å². The van der Waals surface area contributed by atoms with Gasteiger partial charge in [0.2, 0.25) is 5.91 Å². The lowest BCUT2D eigenvalue weighted by atomic mass is 10.2. The highest BCUT2D eigenvalue weighted by atomic mass is 19.2. The summed E-state index contributed by atoms with van der Waals surface area (Å²) < 4.78 is 45.4. The van der Waals surface area contributed by atoms with Gasteiger partial charge in [0, 0.05) is 25.7 Å². The van der Waals surface area contributed by atoms with E-state index in [4.69, 9.17) is 4.74 Å². The van der Waals surface area contributed by atoms with Crippen molar-refractivity contribution in [3.05, 3.63) is 59.4 Å². The summed E-state index contributed by atoms with van der Waals surface area (Å²) in [5.74, 6) is -5.14. The number of benzene rings is 2. The second kappa shape index (κ2) is 9.25. The van der Waals surface area contributed by atoms with Crippen molar-refractivity contribution in [3.63, 3.8) is 0 Å². The van der Waals surface area contributed by atoms with Crippen molar-refractivity contribution < 1.29 is 27.5 Å². The third-order valence-corrected chi connectivity index (χ3v) is 3.80. The van der Waals surface area contributed by atoms with E-state index in [0.29, 0.717) is 17.5 Å². The minimum absolute atomic E-state index is 0.0128. The van der Waals surface area contributed by atoms with Crippen LogP contribution in [0, 0.1) is 17.5 Å². The number of hydrogen-bond acceptors (Lipinski definition) is 3. The van der Waals surface area contributed by atoms with Crippen molar-refractivity contribution in [2.45, 2.75) is 26.9 Å². The maximum Gasteiger partial charge on any atom is 0.254 e. The predicted molar refractivity (Wildman–Crippen MR) is 98.9 cm³/mol. The number of carbonyl (C=O) groups excluding carboxylic acids is 2. The molecule has 0 heterocycles. The Kier molecular flexibility index (Phi) is 7.03. The SMILES string of the molecule is CC(=O)N(CCNC(=O)c1ccc(F)c(F)c1F)c1ccc(OC(C)C)cc1. The molecule has 0 aliphatic rings. The number of amides is 2. The Labute approximate surface area is 161 Å². The molecule has 5 nitrogen and oxygen atoms in total. The number of rotatable bonds is 7. The fraction of sp³-hybridized carbons (Fsp3) is 0.300. The molecule has 0 unspecified atom stereocenters. The molecule has 0 spiro atoms. The molecule has 0 saturated carbocycles. The lowest BCUT2D eigenvalue weighted by molar-refractivity contribution is -0.116. The van der Waals surface area contributed by atoms with Crippen molar-refractivity contribution in [1.29, 1.82) is 0 Å². The average molecular weight is 394 g/mol. The molecule has 0 aliphatic carbocycles. The first kappa shape index (κ1) is 21.3. The maximum absolute atomic E-state index is 13.7. The lowest BCUT2D eigenvalue weighted by Gasteiger charge is -2.22. The molecule has 1 N–H and O–H groups in total. The number of halogens is 3. The van der Waals surface area contributed by atoms with Crippen molar-refractivity contribution in [2.24, 2.45) is 0 Å². The third kappa shape index (κ3) is 5.25. The van der Waals surface area contributed by atoms with Gasteiger partial charge in [0.1, 0.15) is 5.75 Å². The van der Waals surface area contributed by atoms with Crippen LogP contribution in [0.3, 0.4) is 0 Å². The zero-order valence-corrected chi connectivity index (χ0v) is 15.8. The summed E-state index contributed by atoms with van der Waals surface area (Å²) in [5.41, 5.74) is -0.0136. The van der Waals surface area contributed by atoms with E-state index in [1.807, 2.05) is 13.8 Å². The summed E-state index contributed by atoms with van der Waals surface area (Å²) in [4.78, 5) is 25.3. The summed E-state index contributed by atoms with van der Waals surface area (Å²) in [6.07, 6.45) is 0.0154. The molecule has 2 aromatic rings. The predicted octanol–water partition coefficient (Wildman–Crippen LogP) is 3.67. The molecule has 8 heteroatoms. The van der Waals surface area contributed by atoms with Crippen LogP contribution < -0.4 is 15.0 Å². The van der Waals surface area contributed by atoms with Gasteiger partial charge in [-0.1, -0.05) is 0 Å². The molecule has 2 amide bonds. The summed E-state index contributed by atoms with van der Waals surface area (Å²) in [6.45, 7) is 5.26. The number of nitrogens with zero attached hydrogens (tertiary/aromatic N) is 1. The van der Waals surface area contributed by atoms with Gasteiger partial charge in [0.15, 0.2) is 17.5 Å². The first-order chi connectivity index (χ1) is 13.2. The normalized spacial score (nSPS) is 10.7. The molecule has 0 aliphatic heterocycles. The van der Waals surface area contributed by atoms with Crippen LogP contribution >= 0.6 is 0 Å². The van der Waals surface area contributed by atoms with Gasteiger partial charge in [0.25, 0.3) is 5.91 Å². The van der Waals surface area contributed by atoms with E-state index in [1.165, 1.54) is 11.8 Å². The first-order valence-corrected chi connectivity index (χ1v) is 8.67. The molecule has 0 fully saturated rings. The smallest absolute Gasteiger partial charge is 0.254 e. The fourth-order valence-electron chi connectivity index (χ4n) is 2.52. The van der Waals surface area contributed by atoms with Crippen LogP contribution in [0.25, 0.3) is 0 Å². The van der Waals surface area contributed by atoms with Gasteiger partial charge in [-0.05, 0) is 50.2 Å². The summed E-state index contributed by atoms with van der Waals surface area (Å²) >= 11 is 0. The molecule has 28 heavy (non-hydrogen) atoms. The van der Waals surface area contributed by atoms with Crippen molar-refractivity contribution >= 4 is 17.5 Å². The average Bonchev–Trinajstić information content (AvgIpc) is 2.63. The Bertz CT molecular complexity index is 855. The van der Waals surface area contributed by atoms with E-state index >= 15 is 0 Å². The largest absolute Gasteiger partial charge is 0.491 e. The van der Waals surface area contributed by atoms with E-state index in [9.17, 15) is 22.8 Å². The Morgan fingerprint density at radius 3 is 2.25 bits per heavy atom. The fourth-order valence-corrected chi connectivity index (χ4v) is 2.52. The van der Waals surface area contributed by atoms with Crippen molar-refractivity contribution in [3.8, 4) is 5.75 Å². The van der Waals surface area contributed by atoms with E-state index < -0.39 is 28.9 Å². The Morgan fingerprint density at radius 1 is 1.04 bits per heavy atom. The standard InChI is InChI=1S/C20H21F3N2O3/c1-12(2)28-15-6-4-14(5-7-15)25(13(3)26)11-10-24-20(27)16-8-9-17(21)19(23)18(16)22/h4-9,12H,10-11H2,1-3H3,(H,24,27). The van der Waals surface area contributed by atoms with Crippen LogP contribution in [0.4, 0.5) is 18.9 Å². The quantitative estimate of drug-likeness (QED) is 0.729. The lowest BCUT2D eigenvalue weighted by Crippen LogP contribution is -2.37. The highest BCUT2D eigenvalue weighted by Gasteiger charge is 2.19. The molecule has 2 rings (SSSR count). The summed E-state index contributed by atoms with van der Waals surface area (Å²) in [7, 11) is 0. The van der Waals surface area contributed by atoms with Gasteiger partial charge >= 0.3 is 0 Å². The third-order valence-electron chi connectivity index (χ3n) is 3.80. The Balaban J connectivity index is 2.01. The molecule has 0 bridgehead atoms. The van der Waals surface area contributed by atoms with Crippen LogP contribution in [0.15, 0.2) is 36.4 Å². The van der Waals surface area contributed by atoms with Gasteiger partial charge < -0.3 is 15.0 Å². The highest BCUT2D eigenvalue weighted by Crippen LogP contribution is 2.20. The van der Waals surface area contributed by atoms with Crippen LogP contribution in [-0.2, 0) is 4.79 Å².